The summed E-state index contributed by atoms with van der Waals surface area (Å²) in [5.74, 6) is 0.0734. The quantitative estimate of drug-likeness (QED) is 0.915. The third-order valence-electron chi connectivity index (χ3n) is 3.42. The standard InChI is InChI=1S/C15H15N3O2S/c1-18-13-5-4-11(7-10(13)8-14(18)19)17-15(20)16-9-12-3-2-6-21-12/h2-7H,8-9H2,1H3,(H2,16,17,20). The van der Waals surface area contributed by atoms with Gasteiger partial charge in [-0.25, -0.2) is 4.79 Å². The number of hydrogen-bond donors (Lipinski definition) is 2. The van der Waals surface area contributed by atoms with Crippen LogP contribution in [0.15, 0.2) is 35.7 Å². The zero-order valence-electron chi connectivity index (χ0n) is 11.6. The van der Waals surface area contributed by atoms with Gasteiger partial charge in [-0.05, 0) is 35.2 Å². The van der Waals surface area contributed by atoms with Crippen LogP contribution in [-0.2, 0) is 17.8 Å². The summed E-state index contributed by atoms with van der Waals surface area (Å²) in [6.07, 6.45) is 0.387. The van der Waals surface area contributed by atoms with Gasteiger partial charge in [0.15, 0.2) is 0 Å². The average molecular weight is 301 g/mol. The molecule has 108 valence electrons. The van der Waals surface area contributed by atoms with Gasteiger partial charge in [0.1, 0.15) is 0 Å². The Bertz CT molecular complexity index is 682. The minimum Gasteiger partial charge on any atom is -0.333 e. The van der Waals surface area contributed by atoms with Crippen LogP contribution in [0.3, 0.4) is 0 Å². The van der Waals surface area contributed by atoms with Gasteiger partial charge >= 0.3 is 6.03 Å². The first-order valence-electron chi connectivity index (χ1n) is 6.60. The van der Waals surface area contributed by atoms with Gasteiger partial charge in [0.05, 0.1) is 13.0 Å². The average Bonchev–Trinajstić information content (AvgIpc) is 3.06. The van der Waals surface area contributed by atoms with Gasteiger partial charge in [0.2, 0.25) is 5.91 Å². The Kier molecular flexibility index (Phi) is 3.62. The molecule has 2 N–H and O–H groups in total. The third kappa shape index (κ3) is 2.90. The van der Waals surface area contributed by atoms with E-state index in [9.17, 15) is 9.59 Å². The number of carbonyl (C=O) groups excluding carboxylic acids is 2. The van der Waals surface area contributed by atoms with Crippen molar-refractivity contribution in [3.8, 4) is 0 Å². The smallest absolute Gasteiger partial charge is 0.319 e. The van der Waals surface area contributed by atoms with E-state index in [4.69, 9.17) is 0 Å². The summed E-state index contributed by atoms with van der Waals surface area (Å²) in [7, 11) is 1.76. The highest BCUT2D eigenvalue weighted by atomic mass is 32.1. The number of rotatable bonds is 3. The van der Waals surface area contributed by atoms with Gasteiger partial charge in [-0.3, -0.25) is 4.79 Å². The predicted molar refractivity (Wildman–Crippen MR) is 83.7 cm³/mol. The fraction of sp³-hybridized carbons (Fsp3) is 0.200. The summed E-state index contributed by atoms with van der Waals surface area (Å²) in [6, 6.07) is 9.19. The number of amides is 3. The van der Waals surface area contributed by atoms with Gasteiger partial charge in [0, 0.05) is 23.3 Å². The summed E-state index contributed by atoms with van der Waals surface area (Å²) in [5, 5.41) is 7.57. The zero-order valence-corrected chi connectivity index (χ0v) is 12.4. The monoisotopic (exact) mass is 301 g/mol. The van der Waals surface area contributed by atoms with Crippen LogP contribution >= 0.6 is 11.3 Å². The molecule has 0 saturated carbocycles. The maximum Gasteiger partial charge on any atom is 0.319 e. The van der Waals surface area contributed by atoms with E-state index >= 15 is 0 Å². The van der Waals surface area contributed by atoms with Gasteiger partial charge in [-0.15, -0.1) is 11.3 Å². The minimum absolute atomic E-state index is 0.0734. The lowest BCUT2D eigenvalue weighted by Gasteiger charge is -2.11. The fourth-order valence-electron chi connectivity index (χ4n) is 2.30. The summed E-state index contributed by atoms with van der Waals surface area (Å²) < 4.78 is 0. The Labute approximate surface area is 126 Å². The third-order valence-corrected chi connectivity index (χ3v) is 4.29. The number of nitrogens with one attached hydrogen (secondary N) is 2. The summed E-state index contributed by atoms with van der Waals surface area (Å²) in [5.41, 5.74) is 2.55. The van der Waals surface area contributed by atoms with Crippen molar-refractivity contribution < 1.29 is 9.59 Å². The summed E-state index contributed by atoms with van der Waals surface area (Å²) in [4.78, 5) is 26.2. The molecule has 0 bridgehead atoms. The van der Waals surface area contributed by atoms with Crippen LogP contribution in [0.5, 0.6) is 0 Å². The van der Waals surface area contributed by atoms with Crippen molar-refractivity contribution in [2.75, 3.05) is 17.3 Å². The minimum atomic E-state index is -0.249. The molecule has 1 aliphatic heterocycles. The molecule has 3 rings (SSSR count). The van der Waals surface area contributed by atoms with E-state index in [0.717, 1.165) is 16.1 Å². The van der Waals surface area contributed by atoms with Crippen LogP contribution in [0.2, 0.25) is 0 Å². The van der Waals surface area contributed by atoms with Crippen LogP contribution in [0.25, 0.3) is 0 Å². The van der Waals surface area contributed by atoms with E-state index in [2.05, 4.69) is 10.6 Å². The number of thiophene rings is 1. The van der Waals surface area contributed by atoms with E-state index in [1.165, 1.54) is 0 Å². The van der Waals surface area contributed by atoms with Gasteiger partial charge in [0.25, 0.3) is 0 Å². The normalized spacial score (nSPS) is 13.2. The fourth-order valence-corrected chi connectivity index (χ4v) is 2.95. The zero-order chi connectivity index (χ0) is 14.8. The van der Waals surface area contributed by atoms with E-state index < -0.39 is 0 Å². The molecule has 1 aromatic carbocycles. The van der Waals surface area contributed by atoms with Crippen molar-refractivity contribution >= 4 is 34.6 Å². The van der Waals surface area contributed by atoms with Crippen molar-refractivity contribution in [3.63, 3.8) is 0 Å². The number of anilines is 2. The second-order valence-corrected chi connectivity index (χ2v) is 5.89. The molecule has 6 heteroatoms. The maximum atomic E-state index is 11.8. The molecular formula is C15H15N3O2S. The Hall–Kier alpha value is -2.34. The van der Waals surface area contributed by atoms with Crippen LogP contribution in [-0.4, -0.2) is 19.0 Å². The van der Waals surface area contributed by atoms with E-state index in [1.54, 1.807) is 29.4 Å². The van der Waals surface area contributed by atoms with E-state index in [1.807, 2.05) is 29.6 Å². The van der Waals surface area contributed by atoms with Crippen molar-refractivity contribution in [2.45, 2.75) is 13.0 Å². The molecule has 3 amide bonds. The van der Waals surface area contributed by atoms with Gasteiger partial charge in [-0.1, -0.05) is 6.07 Å². The number of likely N-dealkylation sites (N-methyl/N-ethyl adjacent to an activating group) is 1. The highest BCUT2D eigenvalue weighted by Gasteiger charge is 2.23. The van der Waals surface area contributed by atoms with Crippen molar-refractivity contribution in [1.29, 1.82) is 0 Å². The van der Waals surface area contributed by atoms with Crippen molar-refractivity contribution in [3.05, 3.63) is 46.2 Å². The van der Waals surface area contributed by atoms with Crippen LogP contribution in [0, 0.1) is 0 Å². The predicted octanol–water partition coefficient (Wildman–Crippen LogP) is 2.59. The maximum absolute atomic E-state index is 11.8. The van der Waals surface area contributed by atoms with E-state index in [-0.39, 0.29) is 11.9 Å². The lowest BCUT2D eigenvalue weighted by atomic mass is 10.1. The van der Waals surface area contributed by atoms with Gasteiger partial charge < -0.3 is 15.5 Å². The van der Waals surface area contributed by atoms with E-state index in [0.29, 0.717) is 18.7 Å². The highest BCUT2D eigenvalue weighted by Crippen LogP contribution is 2.29. The molecule has 21 heavy (non-hydrogen) atoms. The molecule has 1 aliphatic rings. The molecule has 0 saturated heterocycles. The topological polar surface area (TPSA) is 61.4 Å². The van der Waals surface area contributed by atoms with Gasteiger partial charge in [-0.2, -0.15) is 0 Å². The highest BCUT2D eigenvalue weighted by molar-refractivity contribution is 7.09. The Morgan fingerprint density at radius 3 is 3.00 bits per heavy atom. The van der Waals surface area contributed by atoms with Crippen LogP contribution in [0.1, 0.15) is 10.4 Å². The molecular weight excluding hydrogens is 286 g/mol. The first-order chi connectivity index (χ1) is 10.1. The number of hydrogen-bond acceptors (Lipinski definition) is 3. The number of urea groups is 1. The molecule has 2 aromatic rings. The number of benzene rings is 1. The molecule has 0 atom stereocenters. The summed E-state index contributed by atoms with van der Waals surface area (Å²) in [6.45, 7) is 0.510. The summed E-state index contributed by atoms with van der Waals surface area (Å²) >= 11 is 1.60. The Balaban J connectivity index is 1.62. The Morgan fingerprint density at radius 2 is 2.24 bits per heavy atom. The Morgan fingerprint density at radius 1 is 1.38 bits per heavy atom. The molecule has 0 spiro atoms. The van der Waals surface area contributed by atoms with Crippen molar-refractivity contribution in [1.82, 2.24) is 5.32 Å². The molecule has 2 heterocycles. The second kappa shape index (κ2) is 5.57. The second-order valence-electron chi connectivity index (χ2n) is 4.86. The SMILES string of the molecule is CN1C(=O)Cc2cc(NC(=O)NCc3cccs3)ccc21. The largest absolute Gasteiger partial charge is 0.333 e. The van der Waals surface area contributed by atoms with Crippen LogP contribution in [0.4, 0.5) is 16.2 Å². The van der Waals surface area contributed by atoms with Crippen LogP contribution < -0.4 is 15.5 Å². The lowest BCUT2D eigenvalue weighted by Crippen LogP contribution is -2.27. The molecule has 1 aromatic heterocycles. The number of fused-ring (bicyclic) bond motifs is 1. The number of carbonyl (C=O) groups is 2. The number of nitrogens with zero attached hydrogens (tertiary/aromatic N) is 1. The first-order valence-corrected chi connectivity index (χ1v) is 7.48. The molecule has 0 aliphatic carbocycles. The molecule has 5 nitrogen and oxygen atoms in total. The molecule has 0 radical (unpaired) electrons. The first kappa shape index (κ1) is 13.6. The lowest BCUT2D eigenvalue weighted by molar-refractivity contribution is -0.117. The molecule has 0 fully saturated rings. The molecule has 0 unspecified atom stereocenters. The van der Waals surface area contributed by atoms with Crippen molar-refractivity contribution in [2.24, 2.45) is 0 Å².